The number of methoxy groups -OCH3 is 1. The highest BCUT2D eigenvalue weighted by molar-refractivity contribution is 6.31. The van der Waals surface area contributed by atoms with Crippen molar-refractivity contribution in [3.8, 4) is 11.5 Å². The van der Waals surface area contributed by atoms with Gasteiger partial charge in [0.2, 0.25) is 0 Å². The van der Waals surface area contributed by atoms with Crippen LogP contribution in [0.15, 0.2) is 36.4 Å². The quantitative estimate of drug-likeness (QED) is 0.576. The summed E-state index contributed by atoms with van der Waals surface area (Å²) in [6, 6.07) is 10.1. The normalized spacial score (nSPS) is 10.6. The minimum Gasteiger partial charge on any atom is -0.493 e. The summed E-state index contributed by atoms with van der Waals surface area (Å²) in [5.74, 6) is 0.929. The summed E-state index contributed by atoms with van der Waals surface area (Å²) < 4.78 is 24.3. The summed E-state index contributed by atoms with van der Waals surface area (Å²) in [7, 11) is 5.76. The molecule has 0 unspecified atom stereocenters. The molecule has 0 saturated heterocycles. The maximum atomic E-state index is 13.1. The molecule has 0 aliphatic heterocycles. The van der Waals surface area contributed by atoms with Crippen molar-refractivity contribution >= 4 is 24.0 Å². The molecule has 7 heteroatoms. The first-order valence-corrected chi connectivity index (χ1v) is 8.96. The molecule has 1 N–H and O–H groups in total. The average Bonchev–Trinajstić information content (AvgIpc) is 2.61. The van der Waals surface area contributed by atoms with E-state index in [1.165, 1.54) is 12.1 Å². The van der Waals surface area contributed by atoms with Crippen molar-refractivity contribution in [1.82, 2.24) is 10.2 Å². The largest absolute Gasteiger partial charge is 0.493 e. The van der Waals surface area contributed by atoms with E-state index >= 15 is 0 Å². The lowest BCUT2D eigenvalue weighted by molar-refractivity contribution is 0.284. The van der Waals surface area contributed by atoms with Crippen LogP contribution >= 0.6 is 24.0 Å². The highest BCUT2D eigenvalue weighted by Gasteiger charge is 2.08. The molecule has 0 bridgehead atoms. The molecule has 0 aliphatic carbocycles. The fraction of sp³-hybridized carbons (Fsp3) is 0.400. The monoisotopic (exact) mass is 416 g/mol. The maximum Gasteiger partial charge on any atom is 0.161 e. The van der Waals surface area contributed by atoms with Gasteiger partial charge < -0.3 is 19.7 Å². The maximum absolute atomic E-state index is 13.1. The molecule has 0 aliphatic rings. The second-order valence-electron chi connectivity index (χ2n) is 6.34. The van der Waals surface area contributed by atoms with E-state index in [-0.39, 0.29) is 24.8 Å². The minimum atomic E-state index is -0.362. The number of hydrogen-bond acceptors (Lipinski definition) is 4. The van der Waals surface area contributed by atoms with Crippen LogP contribution in [0.25, 0.3) is 0 Å². The number of hydrogen-bond donors (Lipinski definition) is 1. The fourth-order valence-corrected chi connectivity index (χ4v) is 2.71. The molecule has 2 rings (SSSR count). The third-order valence-electron chi connectivity index (χ3n) is 3.91. The Morgan fingerprint density at radius 3 is 2.56 bits per heavy atom. The van der Waals surface area contributed by atoms with Gasteiger partial charge in [-0.3, -0.25) is 0 Å². The van der Waals surface area contributed by atoms with Crippen molar-refractivity contribution in [2.24, 2.45) is 0 Å². The summed E-state index contributed by atoms with van der Waals surface area (Å²) in [4.78, 5) is 2.17. The van der Waals surface area contributed by atoms with Crippen LogP contribution < -0.4 is 14.8 Å². The third kappa shape index (κ3) is 7.93. The van der Waals surface area contributed by atoms with E-state index < -0.39 is 0 Å². The summed E-state index contributed by atoms with van der Waals surface area (Å²) >= 11 is 6.03. The van der Waals surface area contributed by atoms with Gasteiger partial charge in [0.05, 0.1) is 12.1 Å². The van der Waals surface area contributed by atoms with Crippen LogP contribution in [0.2, 0.25) is 5.02 Å². The molecular formula is C20H27Cl2FN2O2. The van der Waals surface area contributed by atoms with E-state index in [0.717, 1.165) is 37.2 Å². The summed E-state index contributed by atoms with van der Waals surface area (Å²) in [6.07, 6.45) is 1.10. The Morgan fingerprint density at radius 2 is 1.89 bits per heavy atom. The summed E-state index contributed by atoms with van der Waals surface area (Å²) in [6.45, 7) is 3.04. The van der Waals surface area contributed by atoms with Gasteiger partial charge in [0.25, 0.3) is 0 Å². The van der Waals surface area contributed by atoms with Crippen molar-refractivity contribution in [3.63, 3.8) is 0 Å². The number of halogens is 3. The van der Waals surface area contributed by atoms with Gasteiger partial charge in [-0.25, -0.2) is 4.39 Å². The van der Waals surface area contributed by atoms with Gasteiger partial charge in [-0.05, 0) is 63.4 Å². The first-order valence-electron chi connectivity index (χ1n) is 8.58. The average molecular weight is 417 g/mol. The lowest BCUT2D eigenvalue weighted by Crippen LogP contribution is -2.21. The minimum absolute atomic E-state index is 0. The molecule has 0 saturated carbocycles. The molecule has 4 nitrogen and oxygen atoms in total. The highest BCUT2D eigenvalue weighted by atomic mass is 35.5. The van der Waals surface area contributed by atoms with Crippen LogP contribution in [0.5, 0.6) is 11.5 Å². The van der Waals surface area contributed by atoms with Crippen LogP contribution in [0, 0.1) is 5.82 Å². The molecule has 0 fully saturated rings. The number of benzene rings is 2. The topological polar surface area (TPSA) is 33.7 Å². The van der Waals surface area contributed by atoms with Gasteiger partial charge in [0.15, 0.2) is 11.5 Å². The zero-order chi connectivity index (χ0) is 18.9. The van der Waals surface area contributed by atoms with E-state index in [1.54, 1.807) is 13.2 Å². The Labute approximate surface area is 172 Å². The van der Waals surface area contributed by atoms with Crippen LogP contribution in [0.1, 0.15) is 17.5 Å². The number of nitrogens with zero attached hydrogens (tertiary/aromatic N) is 1. The van der Waals surface area contributed by atoms with E-state index in [2.05, 4.69) is 24.3 Å². The molecule has 0 radical (unpaired) electrons. The lowest BCUT2D eigenvalue weighted by Gasteiger charge is -2.14. The van der Waals surface area contributed by atoms with Gasteiger partial charge in [-0.15, -0.1) is 12.4 Å². The number of ether oxygens (including phenoxy) is 2. The molecule has 0 aromatic heterocycles. The SMILES string of the molecule is COc1cc(CNCCCN(C)C)ccc1OCc1ccc(F)cc1Cl.Cl. The zero-order valence-corrected chi connectivity index (χ0v) is 17.5. The van der Waals surface area contributed by atoms with E-state index in [4.69, 9.17) is 21.1 Å². The first kappa shape index (κ1) is 23.5. The van der Waals surface area contributed by atoms with Gasteiger partial charge in [-0.1, -0.05) is 23.7 Å². The van der Waals surface area contributed by atoms with Crippen molar-refractivity contribution in [2.75, 3.05) is 34.3 Å². The van der Waals surface area contributed by atoms with Gasteiger partial charge in [-0.2, -0.15) is 0 Å². The Balaban J connectivity index is 0.00000364. The van der Waals surface area contributed by atoms with Gasteiger partial charge in [0, 0.05) is 12.1 Å². The molecule has 0 spiro atoms. The summed E-state index contributed by atoms with van der Waals surface area (Å²) in [5.41, 5.74) is 1.85. The molecule has 0 heterocycles. The van der Waals surface area contributed by atoms with Crippen molar-refractivity contribution < 1.29 is 13.9 Å². The second kappa shape index (κ2) is 12.0. The van der Waals surface area contributed by atoms with E-state index in [1.807, 2.05) is 18.2 Å². The molecular weight excluding hydrogens is 390 g/mol. The van der Waals surface area contributed by atoms with Crippen LogP contribution in [-0.2, 0) is 13.2 Å². The van der Waals surface area contributed by atoms with Crippen molar-refractivity contribution in [3.05, 3.63) is 58.4 Å². The Kier molecular flexibility index (Phi) is 10.5. The smallest absolute Gasteiger partial charge is 0.161 e. The van der Waals surface area contributed by atoms with Gasteiger partial charge >= 0.3 is 0 Å². The Bertz CT molecular complexity index is 714. The molecule has 0 atom stereocenters. The third-order valence-corrected chi connectivity index (χ3v) is 4.27. The molecule has 150 valence electrons. The standard InChI is InChI=1S/C20H26ClFN2O2.ClH/c1-24(2)10-4-9-23-13-15-5-8-19(20(11-15)25-3)26-14-16-6-7-17(22)12-18(16)21;/h5-8,11-12,23H,4,9-10,13-14H2,1-3H3;1H. The summed E-state index contributed by atoms with van der Waals surface area (Å²) in [5, 5.41) is 3.77. The number of nitrogens with one attached hydrogen (secondary N) is 1. The number of rotatable bonds is 10. The highest BCUT2D eigenvalue weighted by Crippen LogP contribution is 2.29. The van der Waals surface area contributed by atoms with Crippen molar-refractivity contribution in [1.29, 1.82) is 0 Å². The Morgan fingerprint density at radius 1 is 1.11 bits per heavy atom. The van der Waals surface area contributed by atoms with Crippen LogP contribution in [-0.4, -0.2) is 39.2 Å². The molecule has 2 aromatic carbocycles. The lowest BCUT2D eigenvalue weighted by atomic mass is 10.2. The first-order chi connectivity index (χ1) is 12.5. The van der Waals surface area contributed by atoms with Crippen molar-refractivity contribution in [2.45, 2.75) is 19.6 Å². The molecule has 0 amide bonds. The van der Waals surface area contributed by atoms with Crippen LogP contribution in [0.3, 0.4) is 0 Å². The predicted molar refractivity (Wildman–Crippen MR) is 111 cm³/mol. The van der Waals surface area contributed by atoms with Gasteiger partial charge in [0.1, 0.15) is 12.4 Å². The second-order valence-corrected chi connectivity index (χ2v) is 6.75. The van der Waals surface area contributed by atoms with E-state index in [9.17, 15) is 4.39 Å². The van der Waals surface area contributed by atoms with E-state index in [0.29, 0.717) is 16.5 Å². The fourth-order valence-electron chi connectivity index (χ4n) is 2.49. The van der Waals surface area contributed by atoms with Crippen LogP contribution in [0.4, 0.5) is 4.39 Å². The predicted octanol–water partition coefficient (Wildman–Crippen LogP) is 4.53. The Hall–Kier alpha value is -1.53. The molecule has 27 heavy (non-hydrogen) atoms. The molecule has 2 aromatic rings. The zero-order valence-electron chi connectivity index (χ0n) is 15.9.